The number of benzene rings is 3. The van der Waals surface area contributed by atoms with Gasteiger partial charge in [0.15, 0.2) is 0 Å². The fourth-order valence-electron chi connectivity index (χ4n) is 3.50. The molecule has 2 heteroatoms. The van der Waals surface area contributed by atoms with Gasteiger partial charge in [-0.15, -0.1) is 0 Å². The van der Waals surface area contributed by atoms with Gasteiger partial charge in [0.25, 0.3) is 0 Å². The maximum absolute atomic E-state index is 4.78. The van der Waals surface area contributed by atoms with Crippen molar-refractivity contribution < 1.29 is 0 Å². The van der Waals surface area contributed by atoms with Gasteiger partial charge in [-0.1, -0.05) is 78.9 Å². The van der Waals surface area contributed by atoms with E-state index in [2.05, 4.69) is 89.5 Å². The largest absolute Gasteiger partial charge is 0.306 e. The van der Waals surface area contributed by atoms with Gasteiger partial charge in [0.1, 0.15) is 5.65 Å². The molecule has 0 saturated carbocycles. The smallest absolute Gasteiger partial charge is 0.137 e. The number of fused-ring (bicyclic) bond motifs is 1. The van der Waals surface area contributed by atoms with E-state index in [1.54, 1.807) is 0 Å². The molecule has 0 aliphatic carbocycles. The Morgan fingerprint density at radius 2 is 1.22 bits per heavy atom. The van der Waals surface area contributed by atoms with Crippen molar-refractivity contribution in [3.63, 3.8) is 0 Å². The lowest BCUT2D eigenvalue weighted by molar-refractivity contribution is 1.19. The molecule has 0 fully saturated rings. The van der Waals surface area contributed by atoms with Crippen LogP contribution in [-0.4, -0.2) is 9.38 Å². The third kappa shape index (κ3) is 2.91. The molecule has 2 nitrogen and oxygen atoms in total. The van der Waals surface area contributed by atoms with Gasteiger partial charge >= 0.3 is 0 Å². The molecular weight excluding hydrogens is 328 g/mol. The first-order valence-corrected chi connectivity index (χ1v) is 9.07. The Bertz CT molecular complexity index is 1170. The maximum Gasteiger partial charge on any atom is 0.137 e. The van der Waals surface area contributed by atoms with Gasteiger partial charge in [0.2, 0.25) is 0 Å². The zero-order chi connectivity index (χ0) is 18.1. The van der Waals surface area contributed by atoms with E-state index in [4.69, 9.17) is 4.98 Å². The summed E-state index contributed by atoms with van der Waals surface area (Å²) in [4.78, 5) is 4.78. The number of aromatic nitrogens is 2. The molecule has 128 valence electrons. The number of imidazole rings is 1. The second kappa shape index (κ2) is 6.58. The molecule has 0 N–H and O–H groups in total. The Labute approximate surface area is 158 Å². The Morgan fingerprint density at radius 1 is 0.556 bits per heavy atom. The Hall–Kier alpha value is -3.65. The van der Waals surface area contributed by atoms with Crippen LogP contribution in [0.2, 0.25) is 0 Å². The minimum absolute atomic E-state index is 0.959. The summed E-state index contributed by atoms with van der Waals surface area (Å²) in [6.07, 6.45) is 4.11. The van der Waals surface area contributed by atoms with Crippen molar-refractivity contribution >= 4 is 5.65 Å². The molecule has 0 atom stereocenters. The predicted octanol–water partition coefficient (Wildman–Crippen LogP) is 6.34. The Kier molecular flexibility index (Phi) is 3.80. The van der Waals surface area contributed by atoms with E-state index in [0.29, 0.717) is 0 Å². The average Bonchev–Trinajstić information content (AvgIpc) is 3.19. The highest BCUT2D eigenvalue weighted by molar-refractivity contribution is 5.86. The molecule has 2 aromatic heterocycles. The Balaban J connectivity index is 1.71. The summed E-state index contributed by atoms with van der Waals surface area (Å²) in [6, 6.07) is 33.8. The topological polar surface area (TPSA) is 17.3 Å². The minimum Gasteiger partial charge on any atom is -0.306 e. The van der Waals surface area contributed by atoms with Crippen LogP contribution in [0.25, 0.3) is 39.2 Å². The SMILES string of the molecule is c1ccc(-c2ccc(-c3cn4ccccc4n3)cc2-c2ccccc2)cc1. The van der Waals surface area contributed by atoms with Crippen molar-refractivity contribution in [2.75, 3.05) is 0 Å². The van der Waals surface area contributed by atoms with Crippen molar-refractivity contribution in [1.29, 1.82) is 0 Å². The van der Waals surface area contributed by atoms with Crippen molar-refractivity contribution in [2.24, 2.45) is 0 Å². The Morgan fingerprint density at radius 3 is 1.93 bits per heavy atom. The zero-order valence-electron chi connectivity index (χ0n) is 14.8. The summed E-state index contributed by atoms with van der Waals surface area (Å²) in [7, 11) is 0. The van der Waals surface area contributed by atoms with Gasteiger partial charge in [-0.05, 0) is 40.5 Å². The van der Waals surface area contributed by atoms with Gasteiger partial charge in [-0.3, -0.25) is 0 Å². The van der Waals surface area contributed by atoms with Crippen LogP contribution in [0.5, 0.6) is 0 Å². The first kappa shape index (κ1) is 15.6. The molecular formula is C25H18N2. The van der Waals surface area contributed by atoms with E-state index < -0.39 is 0 Å². The number of nitrogens with zero attached hydrogens (tertiary/aromatic N) is 2. The van der Waals surface area contributed by atoms with Crippen LogP contribution < -0.4 is 0 Å². The van der Waals surface area contributed by atoms with E-state index >= 15 is 0 Å². The summed E-state index contributed by atoms with van der Waals surface area (Å²) in [5, 5.41) is 0. The standard InChI is InChI=1S/C25H18N2/c1-3-9-19(10-4-1)22-15-14-21(17-23(22)20-11-5-2-6-12-20)24-18-27-16-8-7-13-25(27)26-24/h1-18H. The molecule has 5 rings (SSSR count). The van der Waals surface area contributed by atoms with Gasteiger partial charge < -0.3 is 4.40 Å². The molecule has 0 saturated heterocycles. The first-order chi connectivity index (χ1) is 13.4. The highest BCUT2D eigenvalue weighted by atomic mass is 15.0. The van der Waals surface area contributed by atoms with Crippen molar-refractivity contribution in [3.8, 4) is 33.5 Å². The predicted molar refractivity (Wildman–Crippen MR) is 112 cm³/mol. The first-order valence-electron chi connectivity index (χ1n) is 9.07. The van der Waals surface area contributed by atoms with Gasteiger partial charge in [0.05, 0.1) is 5.69 Å². The third-order valence-electron chi connectivity index (χ3n) is 4.85. The summed E-state index contributed by atoms with van der Waals surface area (Å²) in [5.74, 6) is 0. The van der Waals surface area contributed by atoms with Crippen LogP contribution in [0, 0.1) is 0 Å². The lowest BCUT2D eigenvalue weighted by Crippen LogP contribution is -1.87. The molecule has 5 aromatic rings. The van der Waals surface area contributed by atoms with E-state index in [9.17, 15) is 0 Å². The molecule has 0 radical (unpaired) electrons. The summed E-state index contributed by atoms with van der Waals surface area (Å²) >= 11 is 0. The van der Waals surface area contributed by atoms with Crippen molar-refractivity contribution in [3.05, 3.63) is 109 Å². The van der Waals surface area contributed by atoms with Crippen molar-refractivity contribution in [2.45, 2.75) is 0 Å². The molecule has 0 unspecified atom stereocenters. The average molecular weight is 346 g/mol. The second-order valence-electron chi connectivity index (χ2n) is 6.58. The number of pyridine rings is 1. The molecule has 0 aliphatic heterocycles. The van der Waals surface area contributed by atoms with Crippen LogP contribution in [0.15, 0.2) is 109 Å². The summed E-state index contributed by atoms with van der Waals surface area (Å²) in [6.45, 7) is 0. The third-order valence-corrected chi connectivity index (χ3v) is 4.85. The molecule has 0 aliphatic rings. The number of hydrogen-bond acceptors (Lipinski definition) is 1. The van der Waals surface area contributed by atoms with E-state index in [1.165, 1.54) is 22.3 Å². The van der Waals surface area contributed by atoms with E-state index in [-0.39, 0.29) is 0 Å². The molecule has 3 aromatic carbocycles. The lowest BCUT2D eigenvalue weighted by atomic mass is 9.92. The highest BCUT2D eigenvalue weighted by Crippen LogP contribution is 2.35. The van der Waals surface area contributed by atoms with Crippen LogP contribution in [0.1, 0.15) is 0 Å². The zero-order valence-corrected chi connectivity index (χ0v) is 14.8. The molecule has 0 amide bonds. The number of hydrogen-bond donors (Lipinski definition) is 0. The molecule has 0 bridgehead atoms. The van der Waals surface area contributed by atoms with Crippen LogP contribution >= 0.6 is 0 Å². The van der Waals surface area contributed by atoms with Crippen molar-refractivity contribution in [1.82, 2.24) is 9.38 Å². The fraction of sp³-hybridized carbons (Fsp3) is 0. The van der Waals surface area contributed by atoms with Crippen LogP contribution in [0.4, 0.5) is 0 Å². The maximum atomic E-state index is 4.78. The molecule has 27 heavy (non-hydrogen) atoms. The summed E-state index contributed by atoms with van der Waals surface area (Å²) in [5.41, 5.74) is 7.95. The van der Waals surface area contributed by atoms with Gasteiger partial charge in [-0.2, -0.15) is 0 Å². The fourth-order valence-corrected chi connectivity index (χ4v) is 3.50. The quantitative estimate of drug-likeness (QED) is 0.373. The summed E-state index contributed by atoms with van der Waals surface area (Å²) < 4.78 is 2.06. The van der Waals surface area contributed by atoms with Crippen LogP contribution in [-0.2, 0) is 0 Å². The number of rotatable bonds is 3. The molecule has 2 heterocycles. The molecule has 0 spiro atoms. The van der Waals surface area contributed by atoms with Crippen LogP contribution in [0.3, 0.4) is 0 Å². The van der Waals surface area contributed by atoms with Gasteiger partial charge in [-0.25, -0.2) is 4.98 Å². The van der Waals surface area contributed by atoms with E-state index in [1.807, 2.05) is 24.4 Å². The second-order valence-corrected chi connectivity index (χ2v) is 6.58. The monoisotopic (exact) mass is 346 g/mol. The lowest BCUT2D eigenvalue weighted by Gasteiger charge is -2.12. The normalized spacial score (nSPS) is 11.0. The van der Waals surface area contributed by atoms with Gasteiger partial charge in [0, 0.05) is 18.0 Å². The van der Waals surface area contributed by atoms with E-state index in [0.717, 1.165) is 16.9 Å². The highest BCUT2D eigenvalue weighted by Gasteiger charge is 2.11. The minimum atomic E-state index is 0.959.